The lowest BCUT2D eigenvalue weighted by molar-refractivity contribution is 0.376. The summed E-state index contributed by atoms with van der Waals surface area (Å²) in [5.74, 6) is 1.24. The summed E-state index contributed by atoms with van der Waals surface area (Å²) in [5, 5.41) is 11.0. The molecule has 2 aromatic rings. The van der Waals surface area contributed by atoms with Crippen molar-refractivity contribution in [2.24, 2.45) is 0 Å². The van der Waals surface area contributed by atoms with Gasteiger partial charge in [-0.1, -0.05) is 16.9 Å². The first-order valence-electron chi connectivity index (χ1n) is 4.08. The number of rotatable bonds is 3. The van der Waals surface area contributed by atoms with E-state index in [2.05, 4.69) is 25.3 Å². The second-order valence-corrected chi connectivity index (χ2v) is 4.06. The summed E-state index contributed by atoms with van der Waals surface area (Å²) in [7, 11) is 0. The molecule has 2 heterocycles. The lowest BCUT2D eigenvalue weighted by Crippen LogP contribution is -1.89. The molecule has 0 radical (unpaired) electrons. The highest BCUT2D eigenvalue weighted by Crippen LogP contribution is 2.30. The average molecular weight is 211 g/mol. The summed E-state index contributed by atoms with van der Waals surface area (Å²) < 4.78 is 5.03. The summed E-state index contributed by atoms with van der Waals surface area (Å²) in [6, 6.07) is 0. The van der Waals surface area contributed by atoms with Crippen LogP contribution in [-0.2, 0) is 0 Å². The molecule has 0 aliphatic carbocycles. The van der Waals surface area contributed by atoms with Crippen molar-refractivity contribution in [3.05, 3.63) is 18.0 Å². The fourth-order valence-corrected chi connectivity index (χ4v) is 1.69. The standard InChI is InChI=1S/C7H9N5OS/c1-4(6-10-5(2)12-13-6)14-7-8-3-9-11-7/h3-4H,1-2H3,(H,8,9,11). The van der Waals surface area contributed by atoms with Gasteiger partial charge in [0, 0.05) is 0 Å². The van der Waals surface area contributed by atoms with Crippen molar-refractivity contribution >= 4 is 11.8 Å². The molecular weight excluding hydrogens is 202 g/mol. The Morgan fingerprint density at radius 3 is 3.00 bits per heavy atom. The maximum absolute atomic E-state index is 5.03. The lowest BCUT2D eigenvalue weighted by Gasteiger charge is -2.01. The first-order chi connectivity index (χ1) is 6.75. The molecule has 7 heteroatoms. The van der Waals surface area contributed by atoms with Crippen molar-refractivity contribution < 1.29 is 4.52 Å². The predicted molar refractivity (Wildman–Crippen MR) is 49.7 cm³/mol. The highest BCUT2D eigenvalue weighted by atomic mass is 32.2. The zero-order chi connectivity index (χ0) is 9.97. The van der Waals surface area contributed by atoms with Crippen molar-refractivity contribution in [1.82, 2.24) is 25.3 Å². The molecule has 1 unspecified atom stereocenters. The van der Waals surface area contributed by atoms with Crippen molar-refractivity contribution in [3.8, 4) is 0 Å². The van der Waals surface area contributed by atoms with Gasteiger partial charge in [0.05, 0.1) is 5.25 Å². The molecule has 0 aliphatic rings. The molecule has 2 rings (SSSR count). The molecule has 0 fully saturated rings. The smallest absolute Gasteiger partial charge is 0.239 e. The summed E-state index contributed by atoms with van der Waals surface area (Å²) in [4.78, 5) is 8.13. The topological polar surface area (TPSA) is 80.5 Å². The predicted octanol–water partition coefficient (Wildman–Crippen LogP) is 1.35. The van der Waals surface area contributed by atoms with Gasteiger partial charge in [-0.2, -0.15) is 10.1 Å². The van der Waals surface area contributed by atoms with E-state index in [4.69, 9.17) is 4.52 Å². The fraction of sp³-hybridized carbons (Fsp3) is 0.429. The van der Waals surface area contributed by atoms with Crippen molar-refractivity contribution in [2.45, 2.75) is 24.3 Å². The third-order valence-electron chi connectivity index (χ3n) is 1.57. The minimum atomic E-state index is 0.0733. The molecule has 2 aromatic heterocycles. The summed E-state index contributed by atoms with van der Waals surface area (Å²) in [6.07, 6.45) is 1.47. The average Bonchev–Trinajstić information content (AvgIpc) is 2.75. The number of hydrogen-bond acceptors (Lipinski definition) is 6. The molecule has 14 heavy (non-hydrogen) atoms. The minimum Gasteiger partial charge on any atom is -0.338 e. The minimum absolute atomic E-state index is 0.0733. The molecule has 0 amide bonds. The van der Waals surface area contributed by atoms with Crippen LogP contribution < -0.4 is 0 Å². The van der Waals surface area contributed by atoms with Crippen LogP contribution in [0, 0.1) is 6.92 Å². The Hall–Kier alpha value is -1.37. The zero-order valence-corrected chi connectivity index (χ0v) is 8.58. The SMILES string of the molecule is Cc1noc(C(C)Sc2ncn[nH]2)n1. The molecule has 0 saturated heterocycles. The number of nitrogens with one attached hydrogen (secondary N) is 1. The van der Waals surface area contributed by atoms with Gasteiger partial charge in [0.1, 0.15) is 6.33 Å². The number of hydrogen-bond donors (Lipinski definition) is 1. The summed E-state index contributed by atoms with van der Waals surface area (Å²) in [6.45, 7) is 3.76. The van der Waals surface area contributed by atoms with Crippen LogP contribution in [0.1, 0.15) is 23.9 Å². The van der Waals surface area contributed by atoms with Crippen LogP contribution in [0.5, 0.6) is 0 Å². The Morgan fingerprint density at radius 1 is 1.57 bits per heavy atom. The first-order valence-corrected chi connectivity index (χ1v) is 4.96. The Kier molecular flexibility index (Phi) is 2.49. The van der Waals surface area contributed by atoms with Gasteiger partial charge in [-0.25, -0.2) is 4.98 Å². The molecular formula is C7H9N5OS. The molecule has 1 atom stereocenters. The van der Waals surface area contributed by atoms with Gasteiger partial charge in [0.15, 0.2) is 11.0 Å². The van der Waals surface area contributed by atoms with Gasteiger partial charge in [-0.15, -0.1) is 0 Å². The largest absolute Gasteiger partial charge is 0.338 e. The highest BCUT2D eigenvalue weighted by molar-refractivity contribution is 7.99. The molecule has 0 spiro atoms. The molecule has 0 bridgehead atoms. The Bertz CT molecular complexity index is 398. The van der Waals surface area contributed by atoms with Crippen molar-refractivity contribution in [2.75, 3.05) is 0 Å². The van der Waals surface area contributed by atoms with E-state index in [-0.39, 0.29) is 5.25 Å². The number of H-pyrrole nitrogens is 1. The monoisotopic (exact) mass is 211 g/mol. The second-order valence-electron chi connectivity index (χ2n) is 2.73. The number of aromatic nitrogens is 5. The molecule has 0 aliphatic heterocycles. The van der Waals surface area contributed by atoms with Crippen LogP contribution >= 0.6 is 11.8 Å². The van der Waals surface area contributed by atoms with E-state index in [1.807, 2.05) is 6.92 Å². The van der Waals surface area contributed by atoms with E-state index in [1.54, 1.807) is 6.92 Å². The van der Waals surface area contributed by atoms with Crippen molar-refractivity contribution in [3.63, 3.8) is 0 Å². The number of aryl methyl sites for hydroxylation is 1. The Balaban J connectivity index is 2.06. The number of thioether (sulfide) groups is 1. The Labute approximate surface area is 84.5 Å². The van der Waals surface area contributed by atoms with Crippen molar-refractivity contribution in [1.29, 1.82) is 0 Å². The van der Waals surface area contributed by atoms with E-state index in [1.165, 1.54) is 18.1 Å². The van der Waals surface area contributed by atoms with Gasteiger partial charge in [-0.3, -0.25) is 5.10 Å². The third-order valence-corrected chi connectivity index (χ3v) is 2.55. The van der Waals surface area contributed by atoms with Crippen LogP contribution in [0.2, 0.25) is 0 Å². The van der Waals surface area contributed by atoms with E-state index in [0.29, 0.717) is 11.7 Å². The lowest BCUT2D eigenvalue weighted by atomic mass is 10.5. The van der Waals surface area contributed by atoms with Gasteiger partial charge in [0.25, 0.3) is 0 Å². The molecule has 0 saturated carbocycles. The van der Waals surface area contributed by atoms with Gasteiger partial charge >= 0.3 is 0 Å². The zero-order valence-electron chi connectivity index (χ0n) is 7.76. The number of nitrogens with zero attached hydrogens (tertiary/aromatic N) is 4. The molecule has 74 valence electrons. The number of aromatic amines is 1. The maximum atomic E-state index is 5.03. The highest BCUT2D eigenvalue weighted by Gasteiger charge is 2.15. The molecule has 0 aromatic carbocycles. The fourth-order valence-electron chi connectivity index (χ4n) is 0.947. The first kappa shape index (κ1) is 9.20. The van der Waals surface area contributed by atoms with Crippen LogP contribution in [0.3, 0.4) is 0 Å². The van der Waals surface area contributed by atoms with E-state index in [0.717, 1.165) is 5.16 Å². The molecule has 6 nitrogen and oxygen atoms in total. The quantitative estimate of drug-likeness (QED) is 0.772. The van der Waals surface area contributed by atoms with Crippen LogP contribution in [0.4, 0.5) is 0 Å². The van der Waals surface area contributed by atoms with Gasteiger partial charge < -0.3 is 4.52 Å². The normalized spacial score (nSPS) is 13.0. The molecule has 1 N–H and O–H groups in total. The van der Waals surface area contributed by atoms with E-state index in [9.17, 15) is 0 Å². The maximum Gasteiger partial charge on any atom is 0.239 e. The second kappa shape index (κ2) is 3.79. The third kappa shape index (κ3) is 1.92. The Morgan fingerprint density at radius 2 is 2.43 bits per heavy atom. The van der Waals surface area contributed by atoms with E-state index >= 15 is 0 Å². The van der Waals surface area contributed by atoms with Crippen LogP contribution in [-0.4, -0.2) is 25.3 Å². The van der Waals surface area contributed by atoms with Crippen LogP contribution in [0.25, 0.3) is 0 Å². The van der Waals surface area contributed by atoms with Crippen LogP contribution in [0.15, 0.2) is 16.0 Å². The summed E-state index contributed by atoms with van der Waals surface area (Å²) in [5.41, 5.74) is 0. The summed E-state index contributed by atoms with van der Waals surface area (Å²) >= 11 is 1.49. The van der Waals surface area contributed by atoms with Gasteiger partial charge in [-0.05, 0) is 13.8 Å². The van der Waals surface area contributed by atoms with Gasteiger partial charge in [0.2, 0.25) is 5.89 Å². The van der Waals surface area contributed by atoms with E-state index < -0.39 is 0 Å².